The van der Waals surface area contributed by atoms with Gasteiger partial charge in [-0.3, -0.25) is 4.79 Å². The fraction of sp³-hybridized carbons (Fsp3) is 0.500. The molecule has 0 aliphatic heterocycles. The van der Waals surface area contributed by atoms with Crippen LogP contribution in [0, 0.1) is 0 Å². The summed E-state index contributed by atoms with van der Waals surface area (Å²) in [5.74, 6) is 0. The van der Waals surface area contributed by atoms with Gasteiger partial charge in [0.05, 0.1) is 0 Å². The summed E-state index contributed by atoms with van der Waals surface area (Å²) in [6.45, 7) is 0. The summed E-state index contributed by atoms with van der Waals surface area (Å²) in [6, 6.07) is 3.73. The number of rotatable bonds is 4. The van der Waals surface area contributed by atoms with Gasteiger partial charge in [-0.15, -0.1) is 0 Å². The van der Waals surface area contributed by atoms with Crippen molar-refractivity contribution in [2.45, 2.75) is 19.3 Å². The van der Waals surface area contributed by atoms with Gasteiger partial charge in [-0.25, -0.2) is 0 Å². The minimum Gasteiger partial charge on any atom is -0.319 e. The van der Waals surface area contributed by atoms with Gasteiger partial charge in [0.2, 0.25) is 0 Å². The molecule has 1 aromatic heterocycles. The van der Waals surface area contributed by atoms with Gasteiger partial charge < -0.3 is 4.57 Å². The Bertz CT molecular complexity index is 319. The first-order valence-corrected chi connectivity index (χ1v) is 5.57. The van der Waals surface area contributed by atoms with Crippen molar-refractivity contribution in [3.05, 3.63) is 34.2 Å². The molecule has 3 heteroatoms. The van der Waals surface area contributed by atoms with E-state index in [1.165, 1.54) is 0 Å². The lowest BCUT2D eigenvalue weighted by Gasteiger charge is -2.01. The van der Waals surface area contributed by atoms with Gasteiger partial charge in [0.15, 0.2) is 0 Å². The van der Waals surface area contributed by atoms with E-state index in [4.69, 9.17) is 0 Å². The summed E-state index contributed by atoms with van der Waals surface area (Å²) in [5.41, 5.74) is 1.22. The normalized spacial score (nSPS) is 10.3. The zero-order valence-corrected chi connectivity index (χ0v) is 9.38. The Morgan fingerprint density at radius 2 is 2.23 bits per heavy atom. The summed E-state index contributed by atoms with van der Waals surface area (Å²) in [6.07, 6.45) is 5.13. The molecule has 0 aliphatic rings. The van der Waals surface area contributed by atoms with Gasteiger partial charge in [-0.2, -0.15) is 0 Å². The monoisotopic (exact) mass is 243 g/mol. The molecular formula is C10H14BrNO. The topological polar surface area (TPSA) is 22.0 Å². The molecule has 0 radical (unpaired) electrons. The third-order valence-electron chi connectivity index (χ3n) is 2.02. The molecular weight excluding hydrogens is 230 g/mol. The molecule has 1 rings (SSSR count). The lowest BCUT2D eigenvalue weighted by atomic mass is 10.1. The highest BCUT2D eigenvalue weighted by atomic mass is 79.9. The molecule has 0 saturated carbocycles. The minimum absolute atomic E-state index is 0.0799. The Labute approximate surface area is 86.7 Å². The van der Waals surface area contributed by atoms with Gasteiger partial charge in [0, 0.05) is 24.6 Å². The summed E-state index contributed by atoms with van der Waals surface area (Å²) < 4.78 is 1.59. The second-order valence-electron chi connectivity index (χ2n) is 3.13. The first-order chi connectivity index (χ1) is 6.24. The van der Waals surface area contributed by atoms with E-state index in [1.54, 1.807) is 17.7 Å². The first kappa shape index (κ1) is 10.5. The number of hydrogen-bond acceptors (Lipinski definition) is 1. The Balaban J connectivity index is 2.58. The number of nitrogens with zero attached hydrogens (tertiary/aromatic N) is 1. The molecule has 2 nitrogen and oxygen atoms in total. The molecule has 0 bridgehead atoms. The molecule has 13 heavy (non-hydrogen) atoms. The van der Waals surface area contributed by atoms with Crippen molar-refractivity contribution >= 4 is 15.9 Å². The molecule has 0 aromatic carbocycles. The molecule has 0 spiro atoms. The van der Waals surface area contributed by atoms with E-state index >= 15 is 0 Å². The largest absolute Gasteiger partial charge is 0.319 e. The lowest BCUT2D eigenvalue weighted by molar-refractivity contribution is 0.789. The minimum atomic E-state index is 0.0799. The maximum Gasteiger partial charge on any atom is 0.250 e. The fourth-order valence-electron chi connectivity index (χ4n) is 1.17. The van der Waals surface area contributed by atoms with Crippen LogP contribution >= 0.6 is 15.9 Å². The van der Waals surface area contributed by atoms with Crippen LogP contribution in [0.2, 0.25) is 0 Å². The Kier molecular flexibility index (Phi) is 4.22. The average molecular weight is 244 g/mol. The number of alkyl halides is 1. The quantitative estimate of drug-likeness (QED) is 0.587. The lowest BCUT2D eigenvalue weighted by Crippen LogP contribution is -2.15. The number of aromatic nitrogens is 1. The summed E-state index contributed by atoms with van der Waals surface area (Å²) >= 11 is 3.38. The van der Waals surface area contributed by atoms with E-state index in [9.17, 15) is 4.79 Å². The molecule has 1 heterocycles. The summed E-state index contributed by atoms with van der Waals surface area (Å²) in [7, 11) is 1.77. The Morgan fingerprint density at radius 1 is 1.46 bits per heavy atom. The van der Waals surface area contributed by atoms with Crippen LogP contribution in [0.15, 0.2) is 23.1 Å². The van der Waals surface area contributed by atoms with E-state index in [2.05, 4.69) is 15.9 Å². The zero-order valence-electron chi connectivity index (χ0n) is 7.79. The third-order valence-corrected chi connectivity index (χ3v) is 2.58. The predicted molar refractivity (Wildman–Crippen MR) is 58.4 cm³/mol. The summed E-state index contributed by atoms with van der Waals surface area (Å²) in [5, 5.41) is 1.04. The Hall–Kier alpha value is -0.570. The molecule has 0 amide bonds. The van der Waals surface area contributed by atoms with Crippen LogP contribution in [-0.2, 0) is 13.5 Å². The van der Waals surface area contributed by atoms with Crippen LogP contribution < -0.4 is 5.56 Å². The molecule has 72 valence electrons. The average Bonchev–Trinajstić information content (AvgIpc) is 2.12. The highest BCUT2D eigenvalue weighted by Gasteiger charge is 1.95. The molecule has 0 unspecified atom stereocenters. The van der Waals surface area contributed by atoms with Crippen molar-refractivity contribution in [2.75, 3.05) is 5.33 Å². The Morgan fingerprint density at radius 3 is 2.85 bits per heavy atom. The number of pyridine rings is 1. The molecule has 0 aliphatic carbocycles. The van der Waals surface area contributed by atoms with Gasteiger partial charge in [-0.05, 0) is 30.9 Å². The van der Waals surface area contributed by atoms with E-state index in [0.29, 0.717) is 0 Å². The smallest absolute Gasteiger partial charge is 0.250 e. The highest BCUT2D eigenvalue weighted by Crippen LogP contribution is 2.03. The van der Waals surface area contributed by atoms with Crippen molar-refractivity contribution in [1.82, 2.24) is 4.57 Å². The maximum atomic E-state index is 11.2. The van der Waals surface area contributed by atoms with E-state index in [1.807, 2.05) is 12.3 Å². The third kappa shape index (κ3) is 3.35. The number of halogens is 1. The highest BCUT2D eigenvalue weighted by molar-refractivity contribution is 9.09. The molecule has 0 saturated heterocycles. The molecule has 0 fully saturated rings. The van der Waals surface area contributed by atoms with Gasteiger partial charge in [-0.1, -0.05) is 15.9 Å². The zero-order chi connectivity index (χ0) is 9.68. The summed E-state index contributed by atoms with van der Waals surface area (Å²) in [4.78, 5) is 11.2. The van der Waals surface area contributed by atoms with Gasteiger partial charge in [0.25, 0.3) is 5.56 Å². The van der Waals surface area contributed by atoms with Crippen molar-refractivity contribution in [3.8, 4) is 0 Å². The van der Waals surface area contributed by atoms with Gasteiger partial charge in [0.1, 0.15) is 0 Å². The van der Waals surface area contributed by atoms with Crippen LogP contribution in [0.3, 0.4) is 0 Å². The van der Waals surface area contributed by atoms with Crippen LogP contribution in [0.4, 0.5) is 0 Å². The van der Waals surface area contributed by atoms with Crippen LogP contribution in [0.5, 0.6) is 0 Å². The predicted octanol–water partition coefficient (Wildman–Crippen LogP) is 2.10. The second kappa shape index (κ2) is 5.22. The van der Waals surface area contributed by atoms with Crippen LogP contribution in [0.25, 0.3) is 0 Å². The van der Waals surface area contributed by atoms with Crippen molar-refractivity contribution in [2.24, 2.45) is 7.05 Å². The van der Waals surface area contributed by atoms with Crippen molar-refractivity contribution < 1.29 is 0 Å². The molecule has 1 aromatic rings. The van der Waals surface area contributed by atoms with Crippen molar-refractivity contribution in [3.63, 3.8) is 0 Å². The molecule has 0 atom stereocenters. The second-order valence-corrected chi connectivity index (χ2v) is 3.92. The van der Waals surface area contributed by atoms with E-state index < -0.39 is 0 Å². The standard InChI is InChI=1S/C10H14BrNO/c1-12-7-5-9(8-10(12)13)4-2-3-6-11/h5,7-8H,2-4,6H2,1H3. The number of aryl methyl sites for hydroxylation is 2. The van der Waals surface area contributed by atoms with E-state index in [0.717, 1.165) is 30.2 Å². The van der Waals surface area contributed by atoms with Crippen LogP contribution in [-0.4, -0.2) is 9.90 Å². The van der Waals surface area contributed by atoms with Crippen LogP contribution in [0.1, 0.15) is 18.4 Å². The SMILES string of the molecule is Cn1ccc(CCCCBr)cc1=O. The number of unbranched alkanes of at least 4 members (excludes halogenated alkanes) is 1. The maximum absolute atomic E-state index is 11.2. The van der Waals surface area contributed by atoms with Gasteiger partial charge >= 0.3 is 0 Å². The van der Waals surface area contributed by atoms with E-state index in [-0.39, 0.29) is 5.56 Å². The number of hydrogen-bond donors (Lipinski definition) is 0. The first-order valence-electron chi connectivity index (χ1n) is 4.45. The fourth-order valence-corrected chi connectivity index (χ4v) is 1.57. The van der Waals surface area contributed by atoms with Crippen molar-refractivity contribution in [1.29, 1.82) is 0 Å². The molecule has 0 N–H and O–H groups in total.